The van der Waals surface area contributed by atoms with Crippen LogP contribution in [0.2, 0.25) is 0 Å². The van der Waals surface area contributed by atoms with E-state index in [1.54, 1.807) is 34.4 Å². The fraction of sp³-hybridized carbons (Fsp3) is 0.263. The van der Waals surface area contributed by atoms with Gasteiger partial charge < -0.3 is 9.80 Å². The lowest BCUT2D eigenvalue weighted by Crippen LogP contribution is -2.24. The lowest BCUT2D eigenvalue weighted by atomic mass is 10.3. The molecule has 9 heteroatoms. The number of fused-ring (bicyclic) bond motifs is 1. The molecule has 1 saturated heterocycles. The van der Waals surface area contributed by atoms with Gasteiger partial charge in [0.05, 0.1) is 48.1 Å². The maximum atomic E-state index is 13.4. The Hall–Kier alpha value is -2.81. The van der Waals surface area contributed by atoms with E-state index in [0.29, 0.717) is 37.3 Å². The molecule has 1 fully saturated rings. The van der Waals surface area contributed by atoms with E-state index in [1.807, 2.05) is 23.1 Å². The molecule has 28 heavy (non-hydrogen) atoms. The molecule has 0 aliphatic carbocycles. The molecule has 0 bridgehead atoms. The number of aromatic nitrogens is 4. The zero-order valence-corrected chi connectivity index (χ0v) is 16.4. The first-order valence-electron chi connectivity index (χ1n) is 8.95. The molecule has 0 unspecified atom stereocenters. The first kappa shape index (κ1) is 17.3. The third-order valence-electron chi connectivity index (χ3n) is 5.03. The maximum Gasteiger partial charge on any atom is 0.262 e. The van der Waals surface area contributed by atoms with Gasteiger partial charge in [0.1, 0.15) is 12.0 Å². The van der Waals surface area contributed by atoms with Gasteiger partial charge in [-0.25, -0.2) is 14.1 Å². The van der Waals surface area contributed by atoms with Gasteiger partial charge in [-0.15, -0.1) is 0 Å². The Morgan fingerprint density at radius 3 is 2.75 bits per heavy atom. The normalized spacial score (nSPS) is 18.8. The number of carbonyl (C=O) groups is 1. The summed E-state index contributed by atoms with van der Waals surface area (Å²) in [4.78, 5) is 24.9. The van der Waals surface area contributed by atoms with Gasteiger partial charge in [0.25, 0.3) is 5.91 Å². The van der Waals surface area contributed by atoms with Crippen LogP contribution in [0.4, 0.5) is 15.9 Å². The minimum atomic E-state index is -0.787. The Bertz CT molecular complexity index is 1050. The Morgan fingerprint density at radius 1 is 1.18 bits per heavy atom. The second-order valence-corrected chi connectivity index (χ2v) is 7.81. The summed E-state index contributed by atoms with van der Waals surface area (Å²) >= 11 is 3.38. The van der Waals surface area contributed by atoms with Crippen molar-refractivity contribution in [1.29, 1.82) is 0 Å². The molecule has 5 rings (SSSR count). The summed E-state index contributed by atoms with van der Waals surface area (Å²) in [6.07, 6.45) is 6.52. The van der Waals surface area contributed by atoms with Crippen molar-refractivity contribution in [2.45, 2.75) is 19.1 Å². The highest BCUT2D eigenvalue weighted by Gasteiger charge is 2.32. The molecular formula is C19H16BrFN6O. The van der Waals surface area contributed by atoms with E-state index in [1.165, 1.54) is 0 Å². The predicted molar refractivity (Wildman–Crippen MR) is 106 cm³/mol. The third kappa shape index (κ3) is 2.95. The van der Waals surface area contributed by atoms with E-state index in [-0.39, 0.29) is 5.91 Å². The smallest absolute Gasteiger partial charge is 0.262 e. The predicted octanol–water partition coefficient (Wildman–Crippen LogP) is 3.13. The third-order valence-corrected chi connectivity index (χ3v) is 5.46. The molecule has 0 radical (unpaired) electrons. The highest BCUT2D eigenvalue weighted by atomic mass is 79.9. The maximum absolute atomic E-state index is 13.4. The van der Waals surface area contributed by atoms with Crippen LogP contribution in [0.25, 0.3) is 5.69 Å². The number of nitrogens with zero attached hydrogens (tertiary/aromatic N) is 6. The van der Waals surface area contributed by atoms with Crippen LogP contribution >= 0.6 is 15.9 Å². The van der Waals surface area contributed by atoms with Gasteiger partial charge >= 0.3 is 0 Å². The van der Waals surface area contributed by atoms with E-state index in [9.17, 15) is 9.18 Å². The first-order chi connectivity index (χ1) is 13.6. The van der Waals surface area contributed by atoms with Crippen LogP contribution in [-0.2, 0) is 6.54 Å². The molecule has 3 aromatic rings. The van der Waals surface area contributed by atoms with Crippen molar-refractivity contribution in [1.82, 2.24) is 19.7 Å². The van der Waals surface area contributed by atoms with E-state index in [4.69, 9.17) is 0 Å². The van der Waals surface area contributed by atoms with Gasteiger partial charge in [-0.3, -0.25) is 9.78 Å². The first-order valence-corrected chi connectivity index (χ1v) is 9.74. The number of carbonyl (C=O) groups excluding carboxylic acids is 1. The van der Waals surface area contributed by atoms with Gasteiger partial charge in [-0.1, -0.05) is 0 Å². The SMILES string of the molecule is O=C1c2cn(-c3ccc(N4CC[C@@H](F)C4)nc3)nc2CN1c1cncc(Br)c1. The van der Waals surface area contributed by atoms with Gasteiger partial charge in [0.2, 0.25) is 0 Å². The summed E-state index contributed by atoms with van der Waals surface area (Å²) in [7, 11) is 0. The molecule has 3 aromatic heterocycles. The van der Waals surface area contributed by atoms with Crippen LogP contribution in [0.1, 0.15) is 22.5 Å². The van der Waals surface area contributed by atoms with Crippen LogP contribution < -0.4 is 9.80 Å². The summed E-state index contributed by atoms with van der Waals surface area (Å²) in [5.74, 6) is 0.657. The van der Waals surface area contributed by atoms with Crippen LogP contribution in [-0.4, -0.2) is 44.9 Å². The standard InChI is InChI=1S/C19H16BrFN6O/c20-12-5-15(7-22-6-12)26-11-17-16(19(26)28)10-27(24-17)14-1-2-18(23-8-14)25-4-3-13(21)9-25/h1-2,5-8,10,13H,3-4,9,11H2/t13-/m1/s1. The number of halogens is 2. The Balaban J connectivity index is 1.37. The van der Waals surface area contributed by atoms with Crippen LogP contribution in [0.3, 0.4) is 0 Å². The molecule has 0 aromatic carbocycles. The van der Waals surface area contributed by atoms with E-state index in [0.717, 1.165) is 21.7 Å². The van der Waals surface area contributed by atoms with Crippen LogP contribution in [0.5, 0.6) is 0 Å². The van der Waals surface area contributed by atoms with Crippen molar-refractivity contribution >= 4 is 33.3 Å². The zero-order chi connectivity index (χ0) is 19.3. The highest BCUT2D eigenvalue weighted by molar-refractivity contribution is 9.10. The van der Waals surface area contributed by atoms with Gasteiger partial charge in [-0.2, -0.15) is 5.10 Å². The average Bonchev–Trinajstić information content (AvgIpc) is 3.38. The summed E-state index contributed by atoms with van der Waals surface area (Å²) in [6.45, 7) is 1.46. The van der Waals surface area contributed by atoms with Gasteiger partial charge in [-0.05, 0) is 40.5 Å². The quantitative estimate of drug-likeness (QED) is 0.623. The van der Waals surface area contributed by atoms with Gasteiger partial charge in [0.15, 0.2) is 0 Å². The number of amides is 1. The lowest BCUT2D eigenvalue weighted by Gasteiger charge is -2.17. The molecule has 2 aliphatic rings. The molecule has 7 nitrogen and oxygen atoms in total. The fourth-order valence-corrected chi connectivity index (χ4v) is 3.94. The number of rotatable bonds is 3. The molecule has 1 amide bonds. The number of pyridine rings is 2. The topological polar surface area (TPSA) is 67.2 Å². The van der Waals surface area contributed by atoms with Crippen molar-refractivity contribution in [3.8, 4) is 5.69 Å². The average molecular weight is 443 g/mol. The lowest BCUT2D eigenvalue weighted by molar-refractivity contribution is 0.0996. The molecule has 0 saturated carbocycles. The highest BCUT2D eigenvalue weighted by Crippen LogP contribution is 2.29. The minimum Gasteiger partial charge on any atom is -0.354 e. The van der Waals surface area contributed by atoms with Crippen LogP contribution in [0, 0.1) is 0 Å². The van der Waals surface area contributed by atoms with Crippen molar-refractivity contribution in [3.05, 3.63) is 58.7 Å². The monoisotopic (exact) mass is 442 g/mol. The molecule has 1 atom stereocenters. The number of hydrogen-bond donors (Lipinski definition) is 0. The molecule has 0 N–H and O–H groups in total. The second-order valence-electron chi connectivity index (χ2n) is 6.89. The Morgan fingerprint density at radius 2 is 2.07 bits per heavy atom. The molecular weight excluding hydrogens is 427 g/mol. The van der Waals surface area contributed by atoms with Crippen molar-refractivity contribution in [3.63, 3.8) is 0 Å². The summed E-state index contributed by atoms with van der Waals surface area (Å²) in [6, 6.07) is 5.60. The van der Waals surface area contributed by atoms with E-state index >= 15 is 0 Å². The zero-order valence-electron chi connectivity index (χ0n) is 14.8. The minimum absolute atomic E-state index is 0.100. The molecule has 0 spiro atoms. The number of alkyl halides is 1. The summed E-state index contributed by atoms with van der Waals surface area (Å²) in [5.41, 5.74) is 2.78. The van der Waals surface area contributed by atoms with Gasteiger partial charge in [0, 0.05) is 23.4 Å². The largest absolute Gasteiger partial charge is 0.354 e. The van der Waals surface area contributed by atoms with E-state index in [2.05, 4.69) is 31.0 Å². The number of hydrogen-bond acceptors (Lipinski definition) is 5. The van der Waals surface area contributed by atoms with Crippen molar-refractivity contribution < 1.29 is 9.18 Å². The Kier molecular flexibility index (Phi) is 4.12. The second kappa shape index (κ2) is 6.66. The summed E-state index contributed by atoms with van der Waals surface area (Å²) < 4.78 is 15.9. The molecule has 142 valence electrons. The van der Waals surface area contributed by atoms with Crippen LogP contribution in [0.15, 0.2) is 47.5 Å². The fourth-order valence-electron chi connectivity index (χ4n) is 3.59. The van der Waals surface area contributed by atoms with E-state index < -0.39 is 6.17 Å². The molecule has 5 heterocycles. The van der Waals surface area contributed by atoms with Crippen molar-refractivity contribution in [2.75, 3.05) is 22.9 Å². The summed E-state index contributed by atoms with van der Waals surface area (Å²) in [5, 5.41) is 4.56. The number of anilines is 2. The van der Waals surface area contributed by atoms with Crippen molar-refractivity contribution in [2.24, 2.45) is 0 Å². The molecule has 2 aliphatic heterocycles. The Labute approximate surface area is 168 Å².